The van der Waals surface area contributed by atoms with Gasteiger partial charge in [0.05, 0.1) is 5.69 Å². The summed E-state index contributed by atoms with van der Waals surface area (Å²) in [6, 6.07) is 19.4. The number of aromatic nitrogens is 2. The highest BCUT2D eigenvalue weighted by Crippen LogP contribution is 2.12. The maximum atomic E-state index is 5.88. The average Bonchev–Trinajstić information content (AvgIpc) is 2.96. The molecule has 0 unspecified atom stereocenters. The minimum absolute atomic E-state index is 0.415. The van der Waals surface area contributed by atoms with Gasteiger partial charge in [-0.05, 0) is 17.7 Å². The third-order valence-electron chi connectivity index (χ3n) is 3.02. The van der Waals surface area contributed by atoms with Gasteiger partial charge in [0, 0.05) is 12.3 Å². The number of hydrogen-bond acceptors (Lipinski definition) is 2. The third kappa shape index (κ3) is 2.74. The largest absolute Gasteiger partial charge is 0.472 e. The SMILES string of the molecule is [B]c1ccccc1COc1ccn(-c2ccccc2)n1. The Morgan fingerprint density at radius 3 is 2.50 bits per heavy atom. The molecule has 0 saturated heterocycles. The molecule has 0 saturated carbocycles. The predicted octanol–water partition coefficient (Wildman–Crippen LogP) is 2.25. The Hall–Kier alpha value is -2.49. The van der Waals surface area contributed by atoms with Crippen molar-refractivity contribution in [2.45, 2.75) is 6.61 Å². The molecule has 3 aromatic rings. The number of nitrogens with zero attached hydrogens (tertiary/aromatic N) is 2. The lowest BCUT2D eigenvalue weighted by Crippen LogP contribution is -2.12. The van der Waals surface area contributed by atoms with Crippen LogP contribution in [0.4, 0.5) is 0 Å². The van der Waals surface area contributed by atoms with Crippen molar-refractivity contribution < 1.29 is 4.74 Å². The van der Waals surface area contributed by atoms with Gasteiger partial charge >= 0.3 is 0 Å². The predicted molar refractivity (Wildman–Crippen MR) is 79.7 cm³/mol. The maximum absolute atomic E-state index is 5.88. The first-order valence-electron chi connectivity index (χ1n) is 6.40. The van der Waals surface area contributed by atoms with Gasteiger partial charge in [0.15, 0.2) is 0 Å². The van der Waals surface area contributed by atoms with Crippen molar-refractivity contribution in [3.63, 3.8) is 0 Å². The highest BCUT2D eigenvalue weighted by Gasteiger charge is 2.03. The van der Waals surface area contributed by atoms with Gasteiger partial charge in [0.25, 0.3) is 0 Å². The van der Waals surface area contributed by atoms with Crippen LogP contribution in [-0.4, -0.2) is 17.6 Å². The molecular formula is C16H13BN2O. The van der Waals surface area contributed by atoms with E-state index in [-0.39, 0.29) is 0 Å². The molecule has 4 heteroatoms. The van der Waals surface area contributed by atoms with Gasteiger partial charge in [0.1, 0.15) is 14.5 Å². The fourth-order valence-corrected chi connectivity index (χ4v) is 1.93. The standard InChI is InChI=1S/C16H13BN2O/c17-15-9-5-4-6-13(15)12-20-16-10-11-19(18-16)14-7-2-1-3-8-14/h1-11H,12H2. The molecule has 3 rings (SSSR count). The molecule has 2 radical (unpaired) electrons. The van der Waals surface area contributed by atoms with E-state index in [0.29, 0.717) is 12.5 Å². The summed E-state index contributed by atoms with van der Waals surface area (Å²) in [5.41, 5.74) is 2.69. The second kappa shape index (κ2) is 5.65. The molecule has 0 spiro atoms. The highest BCUT2D eigenvalue weighted by molar-refractivity contribution is 6.33. The molecule has 1 aromatic heterocycles. The first-order valence-corrected chi connectivity index (χ1v) is 6.40. The molecule has 0 aliphatic heterocycles. The first-order chi connectivity index (χ1) is 9.83. The second-order valence-electron chi connectivity index (χ2n) is 4.42. The molecule has 2 aromatic carbocycles. The van der Waals surface area contributed by atoms with Crippen LogP contribution in [0, 0.1) is 0 Å². The topological polar surface area (TPSA) is 27.1 Å². The van der Waals surface area contributed by atoms with E-state index in [4.69, 9.17) is 12.6 Å². The minimum Gasteiger partial charge on any atom is -0.472 e. The summed E-state index contributed by atoms with van der Waals surface area (Å²) in [6.07, 6.45) is 1.87. The van der Waals surface area contributed by atoms with Gasteiger partial charge in [-0.25, -0.2) is 4.68 Å². The monoisotopic (exact) mass is 260 g/mol. The zero-order valence-corrected chi connectivity index (χ0v) is 10.9. The molecule has 0 aliphatic rings. The molecule has 0 atom stereocenters. The van der Waals surface area contributed by atoms with Crippen molar-refractivity contribution in [2.75, 3.05) is 0 Å². The van der Waals surface area contributed by atoms with Crippen molar-refractivity contribution in [3.05, 3.63) is 72.4 Å². The van der Waals surface area contributed by atoms with Crippen molar-refractivity contribution in [1.82, 2.24) is 9.78 Å². The van der Waals surface area contributed by atoms with E-state index >= 15 is 0 Å². The van der Waals surface area contributed by atoms with E-state index in [1.54, 1.807) is 4.68 Å². The van der Waals surface area contributed by atoms with Crippen LogP contribution in [-0.2, 0) is 6.61 Å². The molecular weight excluding hydrogens is 247 g/mol. The highest BCUT2D eigenvalue weighted by atomic mass is 16.5. The van der Waals surface area contributed by atoms with E-state index < -0.39 is 0 Å². The van der Waals surface area contributed by atoms with Crippen LogP contribution in [0.25, 0.3) is 5.69 Å². The Morgan fingerprint density at radius 1 is 0.950 bits per heavy atom. The Morgan fingerprint density at radius 2 is 1.70 bits per heavy atom. The van der Waals surface area contributed by atoms with Crippen LogP contribution in [0.1, 0.15) is 5.56 Å². The van der Waals surface area contributed by atoms with Gasteiger partial charge in [-0.1, -0.05) is 47.9 Å². The van der Waals surface area contributed by atoms with Gasteiger partial charge in [-0.15, -0.1) is 5.10 Å². The smallest absolute Gasteiger partial charge is 0.233 e. The lowest BCUT2D eigenvalue weighted by molar-refractivity contribution is 0.293. The summed E-state index contributed by atoms with van der Waals surface area (Å²) in [4.78, 5) is 0. The second-order valence-corrected chi connectivity index (χ2v) is 4.42. The van der Waals surface area contributed by atoms with Crippen LogP contribution >= 0.6 is 0 Å². The van der Waals surface area contributed by atoms with Crippen molar-refractivity contribution in [2.24, 2.45) is 0 Å². The molecule has 3 nitrogen and oxygen atoms in total. The summed E-state index contributed by atoms with van der Waals surface area (Å²) in [5, 5.41) is 4.38. The normalized spacial score (nSPS) is 10.4. The Kier molecular flexibility index (Phi) is 3.55. The van der Waals surface area contributed by atoms with E-state index in [9.17, 15) is 0 Å². The third-order valence-corrected chi connectivity index (χ3v) is 3.02. The fraction of sp³-hybridized carbons (Fsp3) is 0.0625. The van der Waals surface area contributed by atoms with Crippen LogP contribution in [0.3, 0.4) is 0 Å². The lowest BCUT2D eigenvalue weighted by atomic mass is 9.91. The summed E-state index contributed by atoms with van der Waals surface area (Å²) in [5.74, 6) is 0.581. The fourth-order valence-electron chi connectivity index (χ4n) is 1.93. The first kappa shape index (κ1) is 12.5. The number of hydrogen-bond donors (Lipinski definition) is 0. The minimum atomic E-state index is 0.415. The van der Waals surface area contributed by atoms with Crippen LogP contribution in [0.2, 0.25) is 0 Å². The summed E-state index contributed by atoms with van der Waals surface area (Å²) in [6.45, 7) is 0.415. The molecule has 0 aliphatic carbocycles. The Bertz CT molecular complexity index is 694. The van der Waals surface area contributed by atoms with Crippen molar-refractivity contribution in [1.29, 1.82) is 0 Å². The van der Waals surface area contributed by atoms with E-state index in [1.165, 1.54) is 0 Å². The van der Waals surface area contributed by atoms with Crippen LogP contribution in [0.5, 0.6) is 5.88 Å². The summed E-state index contributed by atoms with van der Waals surface area (Å²) >= 11 is 0. The molecule has 0 N–H and O–H groups in total. The van der Waals surface area contributed by atoms with Gasteiger partial charge in [0.2, 0.25) is 5.88 Å². The van der Waals surface area contributed by atoms with Gasteiger partial charge < -0.3 is 4.74 Å². The molecule has 0 bridgehead atoms. The Labute approximate surface area is 119 Å². The summed E-state index contributed by atoms with van der Waals surface area (Å²) < 4.78 is 7.44. The van der Waals surface area contributed by atoms with Gasteiger partial charge in [-0.2, -0.15) is 0 Å². The van der Waals surface area contributed by atoms with Crippen molar-refractivity contribution >= 4 is 13.3 Å². The summed E-state index contributed by atoms with van der Waals surface area (Å²) in [7, 11) is 5.88. The van der Waals surface area contributed by atoms with E-state index in [1.807, 2.05) is 66.9 Å². The molecule has 96 valence electrons. The average molecular weight is 260 g/mol. The lowest BCUT2D eigenvalue weighted by Gasteiger charge is -2.06. The molecule has 0 fully saturated rings. The number of rotatable bonds is 4. The maximum Gasteiger partial charge on any atom is 0.233 e. The van der Waals surface area contributed by atoms with Gasteiger partial charge in [-0.3, -0.25) is 0 Å². The van der Waals surface area contributed by atoms with Crippen molar-refractivity contribution in [3.8, 4) is 11.6 Å². The number of ether oxygens (including phenoxy) is 1. The van der Waals surface area contributed by atoms with E-state index in [0.717, 1.165) is 16.7 Å². The quantitative estimate of drug-likeness (QED) is 0.673. The zero-order chi connectivity index (χ0) is 13.8. The zero-order valence-electron chi connectivity index (χ0n) is 10.9. The molecule has 1 heterocycles. The van der Waals surface area contributed by atoms with Crippen LogP contribution in [0.15, 0.2) is 66.9 Å². The molecule has 20 heavy (non-hydrogen) atoms. The number of benzene rings is 2. The number of para-hydroxylation sites is 1. The Balaban J connectivity index is 1.71. The van der Waals surface area contributed by atoms with Crippen LogP contribution < -0.4 is 10.2 Å². The molecule has 0 amide bonds. The van der Waals surface area contributed by atoms with E-state index in [2.05, 4.69) is 5.10 Å².